The second kappa shape index (κ2) is 9.96. The van der Waals surface area contributed by atoms with Crippen LogP contribution in [-0.2, 0) is 27.2 Å². The van der Waals surface area contributed by atoms with E-state index < -0.39 is 11.8 Å². The summed E-state index contributed by atoms with van der Waals surface area (Å²) in [7, 11) is 1.41. The van der Waals surface area contributed by atoms with E-state index >= 15 is 0 Å². The first-order valence-electron chi connectivity index (χ1n) is 12.5. The summed E-state index contributed by atoms with van der Waals surface area (Å²) in [5.74, 6) is -1.35. The quantitative estimate of drug-likeness (QED) is 0.208. The fraction of sp³-hybridized carbons (Fsp3) is 0.310. The van der Waals surface area contributed by atoms with Crippen molar-refractivity contribution in [2.24, 2.45) is 0 Å². The standard InChI is InChI=1S/C29H29N3O4S2/c1-15-10-16(2)12-20(11-15)32-26(34)22(25(33)30-29(32)37)14-19-13-17(3)31(18(19)4)27-24(28(35)36-5)21-8-6-7-9-23(21)38-27/h10-14H,6-9H2,1-5H3,(H,30,33,37)/b22-14+. The molecule has 1 N–H and O–H groups in total. The van der Waals surface area contributed by atoms with Gasteiger partial charge in [0.2, 0.25) is 0 Å². The van der Waals surface area contributed by atoms with E-state index in [9.17, 15) is 14.4 Å². The monoisotopic (exact) mass is 547 g/mol. The molecule has 0 saturated carbocycles. The molecule has 1 fully saturated rings. The number of carbonyl (C=O) groups is 3. The van der Waals surface area contributed by atoms with E-state index in [1.54, 1.807) is 17.4 Å². The summed E-state index contributed by atoms with van der Waals surface area (Å²) in [5.41, 5.74) is 6.71. The summed E-state index contributed by atoms with van der Waals surface area (Å²) < 4.78 is 7.19. The van der Waals surface area contributed by atoms with Crippen molar-refractivity contribution >= 4 is 58.2 Å². The number of nitrogens with one attached hydrogen (secondary N) is 1. The van der Waals surface area contributed by atoms with Crippen molar-refractivity contribution in [2.75, 3.05) is 12.0 Å². The molecule has 1 aliphatic heterocycles. The van der Waals surface area contributed by atoms with Crippen LogP contribution in [0.15, 0.2) is 29.8 Å². The largest absolute Gasteiger partial charge is 0.465 e. The lowest BCUT2D eigenvalue weighted by Gasteiger charge is -2.29. The van der Waals surface area contributed by atoms with Crippen molar-refractivity contribution in [3.63, 3.8) is 0 Å². The summed E-state index contributed by atoms with van der Waals surface area (Å²) in [6.45, 7) is 7.78. The number of hydrogen-bond acceptors (Lipinski definition) is 6. The number of thiocarbonyl (C=S) groups is 1. The van der Waals surface area contributed by atoms with Crippen LogP contribution in [0.5, 0.6) is 0 Å². The minimum absolute atomic E-state index is 0.00308. The Bertz CT molecular complexity index is 1540. The van der Waals surface area contributed by atoms with Crippen LogP contribution >= 0.6 is 23.6 Å². The molecule has 5 rings (SSSR count). The second-order valence-electron chi connectivity index (χ2n) is 9.85. The first-order chi connectivity index (χ1) is 18.1. The number of aromatic nitrogens is 1. The van der Waals surface area contributed by atoms with Gasteiger partial charge in [0.15, 0.2) is 5.11 Å². The van der Waals surface area contributed by atoms with Gasteiger partial charge in [0.05, 0.1) is 18.4 Å². The van der Waals surface area contributed by atoms with E-state index in [0.717, 1.165) is 64.3 Å². The van der Waals surface area contributed by atoms with Gasteiger partial charge in [-0.05, 0) is 112 Å². The van der Waals surface area contributed by atoms with Crippen LogP contribution in [0.25, 0.3) is 11.1 Å². The van der Waals surface area contributed by atoms with E-state index in [1.807, 2.05) is 56.5 Å². The lowest BCUT2D eigenvalue weighted by Crippen LogP contribution is -2.54. The molecule has 1 saturated heterocycles. The smallest absolute Gasteiger partial charge is 0.341 e. The average Bonchev–Trinajstić information content (AvgIpc) is 3.36. The minimum atomic E-state index is -0.535. The van der Waals surface area contributed by atoms with E-state index in [-0.39, 0.29) is 16.7 Å². The number of carbonyl (C=O) groups excluding carboxylic acids is 3. The molecule has 0 atom stereocenters. The lowest BCUT2D eigenvalue weighted by atomic mass is 9.95. The Morgan fingerprint density at radius 2 is 1.74 bits per heavy atom. The summed E-state index contributed by atoms with van der Waals surface area (Å²) in [6.07, 6.45) is 5.56. The molecule has 3 heterocycles. The zero-order valence-corrected chi connectivity index (χ0v) is 23.7. The number of aryl methyl sites for hydroxylation is 4. The molecule has 196 valence electrons. The van der Waals surface area contributed by atoms with Crippen molar-refractivity contribution in [3.8, 4) is 5.00 Å². The highest BCUT2D eigenvalue weighted by molar-refractivity contribution is 7.80. The van der Waals surface area contributed by atoms with E-state index in [4.69, 9.17) is 17.0 Å². The van der Waals surface area contributed by atoms with Crippen molar-refractivity contribution in [1.29, 1.82) is 0 Å². The van der Waals surface area contributed by atoms with Crippen molar-refractivity contribution in [1.82, 2.24) is 9.88 Å². The molecular weight excluding hydrogens is 518 g/mol. The van der Waals surface area contributed by atoms with Crippen LogP contribution in [0.2, 0.25) is 0 Å². The molecule has 1 aromatic carbocycles. The molecule has 7 nitrogen and oxygen atoms in total. The van der Waals surface area contributed by atoms with Crippen LogP contribution in [0.4, 0.5) is 5.69 Å². The number of benzene rings is 1. The molecule has 9 heteroatoms. The van der Waals surface area contributed by atoms with E-state index in [2.05, 4.69) is 5.32 Å². The van der Waals surface area contributed by atoms with Gasteiger partial charge in [0, 0.05) is 16.3 Å². The predicted molar refractivity (Wildman–Crippen MR) is 153 cm³/mol. The SMILES string of the molecule is COC(=O)c1c(-n2c(C)cc(/C=C3\C(=O)NC(=S)N(c4cc(C)cc(C)c4)C3=O)c2C)sc2c1CCCC2. The van der Waals surface area contributed by atoms with Gasteiger partial charge in [-0.2, -0.15) is 0 Å². The van der Waals surface area contributed by atoms with Gasteiger partial charge < -0.3 is 9.30 Å². The second-order valence-corrected chi connectivity index (χ2v) is 11.3. The topological polar surface area (TPSA) is 80.6 Å². The van der Waals surface area contributed by atoms with Crippen LogP contribution in [0.3, 0.4) is 0 Å². The van der Waals surface area contributed by atoms with Crippen LogP contribution < -0.4 is 10.2 Å². The van der Waals surface area contributed by atoms with Crippen LogP contribution in [0, 0.1) is 27.7 Å². The minimum Gasteiger partial charge on any atom is -0.465 e. The highest BCUT2D eigenvalue weighted by Gasteiger charge is 2.35. The van der Waals surface area contributed by atoms with Gasteiger partial charge in [-0.1, -0.05) is 6.07 Å². The summed E-state index contributed by atoms with van der Waals surface area (Å²) in [5, 5.41) is 3.54. The Labute approximate surface area is 231 Å². The van der Waals surface area contributed by atoms with Crippen LogP contribution in [-0.4, -0.2) is 34.6 Å². The number of amides is 2. The van der Waals surface area contributed by atoms with Gasteiger partial charge in [-0.3, -0.25) is 19.8 Å². The first kappa shape index (κ1) is 26.1. The normalized spacial score (nSPS) is 16.6. The van der Waals surface area contributed by atoms with Gasteiger partial charge in [-0.25, -0.2) is 4.79 Å². The molecule has 38 heavy (non-hydrogen) atoms. The number of methoxy groups -OCH3 is 1. The Hall–Kier alpha value is -3.56. The molecule has 2 amide bonds. The highest BCUT2D eigenvalue weighted by Crippen LogP contribution is 2.39. The summed E-state index contributed by atoms with van der Waals surface area (Å²) in [6, 6.07) is 7.67. The third-order valence-corrected chi connectivity index (χ3v) is 8.64. The van der Waals surface area contributed by atoms with E-state index in [0.29, 0.717) is 11.3 Å². The number of thiophene rings is 1. The molecule has 0 unspecified atom stereocenters. The highest BCUT2D eigenvalue weighted by atomic mass is 32.1. The van der Waals surface area contributed by atoms with Crippen LogP contribution in [0.1, 0.15) is 61.7 Å². The summed E-state index contributed by atoms with van der Waals surface area (Å²) >= 11 is 6.99. The fourth-order valence-electron chi connectivity index (χ4n) is 5.39. The van der Waals surface area contributed by atoms with E-state index in [1.165, 1.54) is 16.9 Å². The zero-order chi connectivity index (χ0) is 27.3. The number of rotatable bonds is 4. The molecule has 0 radical (unpaired) electrons. The molecule has 2 aliphatic rings. The third-order valence-electron chi connectivity index (χ3n) is 7.08. The molecule has 2 aromatic heterocycles. The third kappa shape index (κ3) is 4.39. The Balaban J connectivity index is 1.60. The fourth-order valence-corrected chi connectivity index (χ4v) is 7.16. The molecule has 0 bridgehead atoms. The number of anilines is 1. The number of ether oxygens (including phenoxy) is 1. The van der Waals surface area contributed by atoms with Gasteiger partial charge in [0.25, 0.3) is 11.8 Å². The van der Waals surface area contributed by atoms with Crippen molar-refractivity contribution in [2.45, 2.75) is 53.4 Å². The van der Waals surface area contributed by atoms with Gasteiger partial charge in [0.1, 0.15) is 10.6 Å². The predicted octanol–water partition coefficient (Wildman–Crippen LogP) is 5.27. The van der Waals surface area contributed by atoms with Gasteiger partial charge in [-0.15, -0.1) is 11.3 Å². The lowest BCUT2D eigenvalue weighted by molar-refractivity contribution is -0.122. The number of fused-ring (bicyclic) bond motifs is 1. The summed E-state index contributed by atoms with van der Waals surface area (Å²) in [4.78, 5) is 42.0. The maximum atomic E-state index is 13.6. The van der Waals surface area contributed by atoms with Gasteiger partial charge >= 0.3 is 5.97 Å². The molecular formula is C29H29N3O4S2. The number of nitrogens with zero attached hydrogens (tertiary/aromatic N) is 2. The number of esters is 1. The molecule has 3 aromatic rings. The van der Waals surface area contributed by atoms with Crippen molar-refractivity contribution in [3.05, 3.63) is 73.9 Å². The Morgan fingerprint density at radius 3 is 2.42 bits per heavy atom. The molecule has 0 spiro atoms. The number of hydrogen-bond donors (Lipinski definition) is 1. The first-order valence-corrected chi connectivity index (χ1v) is 13.7. The zero-order valence-electron chi connectivity index (χ0n) is 22.1. The Morgan fingerprint density at radius 1 is 1.05 bits per heavy atom. The maximum absolute atomic E-state index is 13.6. The Kier molecular flexibility index (Phi) is 6.83. The average molecular weight is 548 g/mol. The van der Waals surface area contributed by atoms with Crippen molar-refractivity contribution < 1.29 is 19.1 Å². The molecule has 1 aliphatic carbocycles. The maximum Gasteiger partial charge on any atom is 0.341 e.